The Labute approximate surface area is 164 Å². The second-order valence-corrected chi connectivity index (χ2v) is 6.62. The standard InChI is InChI=1S/C18H27FN2O.Y/c1-5-21(9-7-6-8-10-21)15(4)18(22)20-17-13(2)11-16(19)12-14(17)3;/h11-12,15H,5-10H2,1-4H3;/p+1. The molecule has 1 aliphatic heterocycles. The number of aryl methyl sites for hydroxylation is 2. The zero-order valence-corrected chi connectivity index (χ0v) is 17.6. The first-order chi connectivity index (χ1) is 10.4. The maximum Gasteiger partial charge on any atom is 0.282 e. The van der Waals surface area contributed by atoms with Crippen LogP contribution < -0.4 is 5.32 Å². The minimum atomic E-state index is -0.255. The topological polar surface area (TPSA) is 29.1 Å². The molecule has 1 atom stereocenters. The molecule has 5 heteroatoms. The molecule has 3 nitrogen and oxygen atoms in total. The molecule has 0 aliphatic carbocycles. The van der Waals surface area contributed by atoms with E-state index in [4.69, 9.17) is 0 Å². The molecule has 1 amide bonds. The molecule has 1 aromatic rings. The number of hydrogen-bond acceptors (Lipinski definition) is 1. The molecule has 1 fully saturated rings. The largest absolute Gasteiger partial charge is 0.320 e. The minimum Gasteiger partial charge on any atom is -0.320 e. The quantitative estimate of drug-likeness (QED) is 0.771. The molecule has 1 saturated heterocycles. The van der Waals surface area contributed by atoms with Gasteiger partial charge in [0.15, 0.2) is 6.04 Å². The number of likely N-dealkylation sites (tertiary alicyclic amines) is 1. The Kier molecular flexibility index (Phi) is 7.83. The minimum absolute atomic E-state index is 0. The number of nitrogens with zero attached hydrogens (tertiary/aromatic N) is 1. The fourth-order valence-corrected chi connectivity index (χ4v) is 3.70. The Balaban J connectivity index is 0.00000264. The van der Waals surface area contributed by atoms with Crippen molar-refractivity contribution in [3.8, 4) is 0 Å². The zero-order valence-electron chi connectivity index (χ0n) is 14.8. The summed E-state index contributed by atoms with van der Waals surface area (Å²) in [5.41, 5.74) is 2.31. The molecule has 1 N–H and O–H groups in total. The number of rotatable bonds is 4. The van der Waals surface area contributed by atoms with Gasteiger partial charge in [-0.25, -0.2) is 4.39 Å². The number of likely N-dealkylation sites (N-methyl/N-ethyl adjacent to an activating group) is 1. The number of nitrogens with one attached hydrogen (secondary N) is 1. The fraction of sp³-hybridized carbons (Fsp3) is 0.611. The van der Waals surface area contributed by atoms with Crippen LogP contribution in [0.5, 0.6) is 0 Å². The van der Waals surface area contributed by atoms with Gasteiger partial charge in [0.05, 0.1) is 19.6 Å². The van der Waals surface area contributed by atoms with Crippen LogP contribution in [0.3, 0.4) is 0 Å². The van der Waals surface area contributed by atoms with Gasteiger partial charge in [0.2, 0.25) is 0 Å². The first-order valence-corrected chi connectivity index (χ1v) is 8.33. The van der Waals surface area contributed by atoms with Crippen LogP contribution in [0, 0.1) is 19.7 Å². The van der Waals surface area contributed by atoms with Crippen molar-refractivity contribution in [3.05, 3.63) is 29.1 Å². The number of carbonyl (C=O) groups excluding carboxylic acids is 1. The second-order valence-electron chi connectivity index (χ2n) is 6.62. The summed E-state index contributed by atoms with van der Waals surface area (Å²) in [5, 5.41) is 3.04. The molecule has 0 saturated carbocycles. The first-order valence-electron chi connectivity index (χ1n) is 8.33. The van der Waals surface area contributed by atoms with Crippen LogP contribution in [0.1, 0.15) is 44.2 Å². The van der Waals surface area contributed by atoms with Gasteiger partial charge in [-0.2, -0.15) is 0 Å². The molecule has 1 unspecified atom stereocenters. The Morgan fingerprint density at radius 1 is 1.22 bits per heavy atom. The molecule has 0 aromatic heterocycles. The number of benzene rings is 1. The van der Waals surface area contributed by atoms with Crippen molar-refractivity contribution in [1.29, 1.82) is 0 Å². The van der Waals surface area contributed by atoms with Crippen molar-refractivity contribution < 1.29 is 46.4 Å². The molecule has 23 heavy (non-hydrogen) atoms. The average Bonchev–Trinajstić information content (AvgIpc) is 2.50. The van der Waals surface area contributed by atoms with Gasteiger partial charge < -0.3 is 9.80 Å². The Hall–Kier alpha value is -0.316. The Morgan fingerprint density at radius 2 is 1.74 bits per heavy atom. The molecule has 1 heterocycles. The summed E-state index contributed by atoms with van der Waals surface area (Å²) in [6.07, 6.45) is 3.66. The van der Waals surface area contributed by atoms with Crippen molar-refractivity contribution in [1.82, 2.24) is 0 Å². The van der Waals surface area contributed by atoms with Crippen molar-refractivity contribution in [3.63, 3.8) is 0 Å². The van der Waals surface area contributed by atoms with Gasteiger partial charge in [-0.15, -0.1) is 0 Å². The van der Waals surface area contributed by atoms with Crippen molar-refractivity contribution >= 4 is 11.6 Å². The van der Waals surface area contributed by atoms with Crippen LogP contribution in [-0.2, 0) is 37.5 Å². The number of hydrogen-bond donors (Lipinski definition) is 1. The smallest absolute Gasteiger partial charge is 0.282 e. The third-order valence-corrected chi connectivity index (χ3v) is 5.28. The maximum absolute atomic E-state index is 13.4. The maximum atomic E-state index is 13.4. The number of halogens is 1. The molecule has 0 spiro atoms. The predicted molar refractivity (Wildman–Crippen MR) is 88.4 cm³/mol. The number of quaternary nitrogens is 1. The van der Waals surface area contributed by atoms with Crippen molar-refractivity contribution in [2.24, 2.45) is 0 Å². The van der Waals surface area contributed by atoms with Gasteiger partial charge in [0.1, 0.15) is 5.82 Å². The van der Waals surface area contributed by atoms with E-state index in [1.807, 2.05) is 20.8 Å². The van der Waals surface area contributed by atoms with E-state index in [0.717, 1.165) is 40.9 Å². The van der Waals surface area contributed by atoms with Crippen LogP contribution in [0.2, 0.25) is 0 Å². The molecule has 1 aliphatic rings. The number of carbonyl (C=O) groups is 1. The number of piperidine rings is 1. The summed E-state index contributed by atoms with van der Waals surface area (Å²) in [7, 11) is 0. The van der Waals surface area contributed by atoms with Gasteiger partial charge in [-0.3, -0.25) is 4.79 Å². The summed E-state index contributed by atoms with van der Waals surface area (Å²) >= 11 is 0. The van der Waals surface area contributed by atoms with Crippen LogP contribution in [0.4, 0.5) is 10.1 Å². The van der Waals surface area contributed by atoms with Crippen LogP contribution >= 0.6 is 0 Å². The fourth-order valence-electron chi connectivity index (χ4n) is 3.70. The first kappa shape index (κ1) is 20.7. The van der Waals surface area contributed by atoms with Gasteiger partial charge in [-0.05, 0) is 70.2 Å². The Bertz CT molecular complexity index is 533. The summed E-state index contributed by atoms with van der Waals surface area (Å²) in [4.78, 5) is 12.7. The molecule has 1 aromatic carbocycles. The Morgan fingerprint density at radius 3 is 2.22 bits per heavy atom. The van der Waals surface area contributed by atoms with E-state index in [9.17, 15) is 9.18 Å². The second kappa shape index (κ2) is 8.68. The van der Waals surface area contributed by atoms with E-state index in [1.165, 1.54) is 31.4 Å². The molecule has 2 rings (SSSR count). The van der Waals surface area contributed by atoms with E-state index in [1.54, 1.807) is 0 Å². The van der Waals surface area contributed by atoms with E-state index < -0.39 is 0 Å². The van der Waals surface area contributed by atoms with Gasteiger partial charge >= 0.3 is 0 Å². The third-order valence-electron chi connectivity index (χ3n) is 5.28. The normalized spacial score (nSPS) is 18.0. The molecule has 1 radical (unpaired) electrons. The summed E-state index contributed by atoms with van der Waals surface area (Å²) in [5.74, 6) is -0.212. The summed E-state index contributed by atoms with van der Waals surface area (Å²) < 4.78 is 14.3. The van der Waals surface area contributed by atoms with Crippen molar-refractivity contribution in [2.45, 2.75) is 53.0 Å². The van der Waals surface area contributed by atoms with E-state index >= 15 is 0 Å². The van der Waals surface area contributed by atoms with Crippen molar-refractivity contribution in [2.75, 3.05) is 25.0 Å². The number of amides is 1. The summed E-state index contributed by atoms with van der Waals surface area (Å²) in [6, 6.07) is 2.87. The SMILES string of the molecule is CC[N+]1(C(C)C(=O)Nc2c(C)cc(F)cc2C)CCCCC1.[Y]. The molecular weight excluding hydrogens is 368 g/mol. The monoisotopic (exact) mass is 396 g/mol. The van der Waals surface area contributed by atoms with Crippen LogP contribution in [0.25, 0.3) is 0 Å². The predicted octanol–water partition coefficient (Wildman–Crippen LogP) is 3.79. The van der Waals surface area contributed by atoms with Crippen LogP contribution in [-0.4, -0.2) is 36.1 Å². The molecule has 0 bridgehead atoms. The number of anilines is 1. The van der Waals surface area contributed by atoms with E-state index in [0.29, 0.717) is 0 Å². The van der Waals surface area contributed by atoms with Gasteiger partial charge in [0.25, 0.3) is 5.91 Å². The van der Waals surface area contributed by atoms with Gasteiger partial charge in [-0.1, -0.05) is 0 Å². The van der Waals surface area contributed by atoms with Gasteiger partial charge in [0, 0.05) is 38.4 Å². The summed E-state index contributed by atoms with van der Waals surface area (Å²) in [6.45, 7) is 11.0. The average molecular weight is 396 g/mol. The zero-order chi connectivity index (χ0) is 16.3. The van der Waals surface area contributed by atoms with E-state index in [2.05, 4.69) is 12.2 Å². The van der Waals surface area contributed by atoms with Crippen LogP contribution in [0.15, 0.2) is 12.1 Å². The molecule has 125 valence electrons. The van der Waals surface area contributed by atoms with E-state index in [-0.39, 0.29) is 50.5 Å². The molecular formula is C18H28FN2OY+. The third kappa shape index (κ3) is 4.61.